The number of halogens is 5. The molecule has 0 aliphatic heterocycles. The fourth-order valence-corrected chi connectivity index (χ4v) is 2.87. The van der Waals surface area contributed by atoms with Crippen LogP contribution in [0.15, 0.2) is 34.8 Å². The quantitative estimate of drug-likeness (QED) is 0.567. The Morgan fingerprint density at radius 1 is 1.10 bits per heavy atom. The van der Waals surface area contributed by atoms with E-state index in [1.54, 1.807) is 12.1 Å². The van der Waals surface area contributed by atoms with Crippen LogP contribution in [0.5, 0.6) is 0 Å². The minimum Gasteiger partial charge on any atom is -0.378 e. The van der Waals surface area contributed by atoms with E-state index in [2.05, 4.69) is 21.2 Å². The molecule has 0 aliphatic carbocycles. The average Bonchev–Trinajstić information content (AvgIpc) is 2.38. The van der Waals surface area contributed by atoms with E-state index in [-0.39, 0.29) is 11.1 Å². The second kappa shape index (κ2) is 6.52. The highest BCUT2D eigenvalue weighted by molar-refractivity contribution is 9.10. The SMILES string of the molecule is CC(Nc1cc(Cl)ccc1Br)c1cc(F)c(Cl)cc1Cl. The maximum Gasteiger partial charge on any atom is 0.142 e. The molecule has 1 atom stereocenters. The van der Waals surface area contributed by atoms with Crippen LogP contribution in [0.3, 0.4) is 0 Å². The van der Waals surface area contributed by atoms with Crippen LogP contribution >= 0.6 is 50.7 Å². The summed E-state index contributed by atoms with van der Waals surface area (Å²) in [6, 6.07) is 7.92. The van der Waals surface area contributed by atoms with Crippen molar-refractivity contribution in [2.45, 2.75) is 13.0 Å². The van der Waals surface area contributed by atoms with Crippen LogP contribution in [0.1, 0.15) is 18.5 Å². The van der Waals surface area contributed by atoms with Crippen molar-refractivity contribution < 1.29 is 4.39 Å². The van der Waals surface area contributed by atoms with Gasteiger partial charge in [0, 0.05) is 14.5 Å². The van der Waals surface area contributed by atoms with Crippen LogP contribution in [-0.2, 0) is 0 Å². The molecule has 0 fully saturated rings. The largest absolute Gasteiger partial charge is 0.378 e. The van der Waals surface area contributed by atoms with E-state index in [0.29, 0.717) is 15.6 Å². The first-order chi connectivity index (χ1) is 9.38. The monoisotopic (exact) mass is 395 g/mol. The lowest BCUT2D eigenvalue weighted by atomic mass is 10.1. The Balaban J connectivity index is 2.30. The molecule has 0 radical (unpaired) electrons. The van der Waals surface area contributed by atoms with Crippen LogP contribution in [-0.4, -0.2) is 0 Å². The van der Waals surface area contributed by atoms with Crippen molar-refractivity contribution in [3.05, 3.63) is 61.3 Å². The van der Waals surface area contributed by atoms with Crippen LogP contribution < -0.4 is 5.32 Å². The molecule has 20 heavy (non-hydrogen) atoms. The molecule has 1 unspecified atom stereocenters. The first kappa shape index (κ1) is 15.9. The second-order valence-electron chi connectivity index (χ2n) is 4.28. The van der Waals surface area contributed by atoms with Gasteiger partial charge in [0.1, 0.15) is 5.82 Å². The van der Waals surface area contributed by atoms with Crippen molar-refractivity contribution >= 4 is 56.4 Å². The third-order valence-electron chi connectivity index (χ3n) is 2.81. The molecule has 0 heterocycles. The summed E-state index contributed by atoms with van der Waals surface area (Å²) in [4.78, 5) is 0. The highest BCUT2D eigenvalue weighted by atomic mass is 79.9. The van der Waals surface area contributed by atoms with Crippen LogP contribution in [0.25, 0.3) is 0 Å². The molecule has 1 N–H and O–H groups in total. The molecule has 0 spiro atoms. The third kappa shape index (κ3) is 3.59. The van der Waals surface area contributed by atoms with Crippen LogP contribution in [0.4, 0.5) is 10.1 Å². The molecular weight excluding hydrogens is 387 g/mol. The van der Waals surface area contributed by atoms with E-state index in [1.807, 2.05) is 13.0 Å². The third-order valence-corrected chi connectivity index (χ3v) is 4.35. The normalized spacial score (nSPS) is 12.3. The number of nitrogens with one attached hydrogen (secondary N) is 1. The smallest absolute Gasteiger partial charge is 0.142 e. The van der Waals surface area contributed by atoms with Gasteiger partial charge in [-0.25, -0.2) is 4.39 Å². The number of anilines is 1. The van der Waals surface area contributed by atoms with Gasteiger partial charge in [0.05, 0.1) is 16.8 Å². The highest BCUT2D eigenvalue weighted by Gasteiger charge is 2.14. The zero-order chi connectivity index (χ0) is 14.9. The van der Waals surface area contributed by atoms with Gasteiger partial charge in [0.25, 0.3) is 0 Å². The Labute approximate surface area is 140 Å². The summed E-state index contributed by atoms with van der Waals surface area (Å²) in [5, 5.41) is 4.26. The molecule has 6 heteroatoms. The van der Waals surface area contributed by atoms with Gasteiger partial charge in [0.15, 0.2) is 0 Å². The zero-order valence-corrected chi connectivity index (χ0v) is 14.2. The lowest BCUT2D eigenvalue weighted by molar-refractivity contribution is 0.624. The molecule has 0 amide bonds. The maximum absolute atomic E-state index is 13.6. The maximum atomic E-state index is 13.6. The first-order valence-electron chi connectivity index (χ1n) is 5.74. The summed E-state index contributed by atoms with van der Waals surface area (Å²) in [7, 11) is 0. The van der Waals surface area contributed by atoms with E-state index < -0.39 is 5.82 Å². The van der Waals surface area contributed by atoms with Gasteiger partial charge in [-0.2, -0.15) is 0 Å². The van der Waals surface area contributed by atoms with Gasteiger partial charge in [-0.15, -0.1) is 0 Å². The average molecular weight is 398 g/mol. The number of rotatable bonds is 3. The predicted octanol–water partition coefficient (Wildman–Crippen LogP) is 6.72. The summed E-state index contributed by atoms with van der Waals surface area (Å²) in [5.41, 5.74) is 1.43. The van der Waals surface area contributed by atoms with E-state index in [9.17, 15) is 4.39 Å². The summed E-state index contributed by atoms with van der Waals surface area (Å²) >= 11 is 21.2. The Hall–Kier alpha value is -0.480. The molecule has 2 aromatic carbocycles. The van der Waals surface area contributed by atoms with Crippen molar-refractivity contribution in [2.24, 2.45) is 0 Å². The molecule has 2 aromatic rings. The second-order valence-corrected chi connectivity index (χ2v) is 6.38. The van der Waals surface area contributed by atoms with Crippen molar-refractivity contribution in [2.75, 3.05) is 5.32 Å². The Morgan fingerprint density at radius 2 is 1.80 bits per heavy atom. The van der Waals surface area contributed by atoms with E-state index >= 15 is 0 Å². The van der Waals surface area contributed by atoms with Gasteiger partial charge >= 0.3 is 0 Å². The summed E-state index contributed by atoms with van der Waals surface area (Å²) in [5.74, 6) is -0.495. The molecule has 1 nitrogen and oxygen atoms in total. The molecule has 0 saturated carbocycles. The van der Waals surface area contributed by atoms with E-state index in [1.165, 1.54) is 12.1 Å². The van der Waals surface area contributed by atoms with Crippen molar-refractivity contribution in [1.29, 1.82) is 0 Å². The van der Waals surface area contributed by atoms with Gasteiger partial charge < -0.3 is 5.32 Å². The Kier molecular flexibility index (Phi) is 5.19. The molecule has 0 aromatic heterocycles. The summed E-state index contributed by atoms with van der Waals surface area (Å²) < 4.78 is 14.4. The van der Waals surface area contributed by atoms with Crippen molar-refractivity contribution in [1.82, 2.24) is 0 Å². The number of benzene rings is 2. The highest BCUT2D eigenvalue weighted by Crippen LogP contribution is 2.33. The lowest BCUT2D eigenvalue weighted by Gasteiger charge is -2.18. The van der Waals surface area contributed by atoms with Crippen molar-refractivity contribution in [3.63, 3.8) is 0 Å². The fourth-order valence-electron chi connectivity index (χ4n) is 1.79. The number of hydrogen-bond donors (Lipinski definition) is 1. The Morgan fingerprint density at radius 3 is 2.50 bits per heavy atom. The lowest BCUT2D eigenvalue weighted by Crippen LogP contribution is -2.08. The molecule has 2 rings (SSSR count). The topological polar surface area (TPSA) is 12.0 Å². The molecule has 0 bridgehead atoms. The van der Waals surface area contributed by atoms with Gasteiger partial charge in [-0.05, 0) is 58.7 Å². The molecule has 0 saturated heterocycles. The zero-order valence-electron chi connectivity index (χ0n) is 10.4. The summed E-state index contributed by atoms with van der Waals surface area (Å²) in [6.45, 7) is 1.88. The van der Waals surface area contributed by atoms with Crippen LogP contribution in [0.2, 0.25) is 15.1 Å². The van der Waals surface area contributed by atoms with Gasteiger partial charge in [-0.3, -0.25) is 0 Å². The van der Waals surface area contributed by atoms with Crippen LogP contribution in [0, 0.1) is 5.82 Å². The fraction of sp³-hybridized carbons (Fsp3) is 0.143. The van der Waals surface area contributed by atoms with E-state index in [0.717, 1.165) is 10.2 Å². The minimum atomic E-state index is -0.495. The predicted molar refractivity (Wildman–Crippen MR) is 87.6 cm³/mol. The van der Waals surface area contributed by atoms with Gasteiger partial charge in [-0.1, -0.05) is 34.8 Å². The number of hydrogen-bond acceptors (Lipinski definition) is 1. The molecule has 0 aliphatic rings. The summed E-state index contributed by atoms with van der Waals surface area (Å²) in [6.07, 6.45) is 0. The van der Waals surface area contributed by atoms with Crippen molar-refractivity contribution in [3.8, 4) is 0 Å². The molecule has 106 valence electrons. The Bertz CT molecular complexity index is 649. The first-order valence-corrected chi connectivity index (χ1v) is 7.67. The minimum absolute atomic E-state index is 0.00915. The van der Waals surface area contributed by atoms with Gasteiger partial charge in [0.2, 0.25) is 0 Å². The molecular formula is C14H10BrCl3FN. The standard InChI is InChI=1S/C14H10BrCl3FN/c1-7(9-5-13(19)12(18)6-11(9)17)20-14-4-8(16)2-3-10(14)15/h2-7,20H,1H3. The van der Waals surface area contributed by atoms with E-state index in [4.69, 9.17) is 34.8 Å².